The molecule has 0 aliphatic heterocycles. The van der Waals surface area contributed by atoms with Gasteiger partial charge in [0.1, 0.15) is 24.2 Å². The van der Waals surface area contributed by atoms with Gasteiger partial charge in [-0.15, -0.1) is 0 Å². The van der Waals surface area contributed by atoms with E-state index >= 15 is 0 Å². The minimum absolute atomic E-state index is 0.00399. The Morgan fingerprint density at radius 3 is 2.34 bits per heavy atom. The van der Waals surface area contributed by atoms with Gasteiger partial charge >= 0.3 is 0 Å². The third kappa shape index (κ3) is 6.69. The molecule has 0 aromatic heterocycles. The number of sulfonamides is 1. The molecule has 0 heterocycles. The first-order valence-electron chi connectivity index (χ1n) is 12.1. The zero-order chi connectivity index (χ0) is 27.9. The number of hydrogen-bond acceptors (Lipinski definition) is 5. The standard InChI is InChI=1S/C28H32FN3O5S/c1-5-30-28(34)21(3)31(18-22-9-8-10-23(17-22)37-4)27(33)19-32(26-12-7-6-11-25(26)29)38(35,36)24-15-13-20(2)14-16-24/h6-17,21H,5,18-19H2,1-4H3,(H,30,34). The third-order valence-electron chi connectivity index (χ3n) is 6.01. The average Bonchev–Trinajstić information content (AvgIpc) is 2.90. The Morgan fingerprint density at radius 2 is 1.71 bits per heavy atom. The second kappa shape index (κ2) is 12.6. The number of carbonyl (C=O) groups excluding carboxylic acids is 2. The SMILES string of the molecule is CCNC(=O)C(C)N(Cc1cccc(OC)c1)C(=O)CN(c1ccccc1F)S(=O)(=O)c1ccc(C)cc1. The molecule has 202 valence electrons. The molecule has 38 heavy (non-hydrogen) atoms. The highest BCUT2D eigenvalue weighted by atomic mass is 32.2. The summed E-state index contributed by atoms with van der Waals surface area (Å²) in [5.74, 6) is -1.31. The van der Waals surface area contributed by atoms with Crippen molar-refractivity contribution in [1.29, 1.82) is 0 Å². The van der Waals surface area contributed by atoms with Crippen molar-refractivity contribution >= 4 is 27.5 Å². The fourth-order valence-electron chi connectivity index (χ4n) is 3.88. The number of ether oxygens (including phenoxy) is 1. The Kier molecular flexibility index (Phi) is 9.46. The van der Waals surface area contributed by atoms with E-state index in [1.54, 1.807) is 50.2 Å². The van der Waals surface area contributed by atoms with Crippen molar-refractivity contribution in [2.75, 3.05) is 24.5 Å². The molecule has 0 aliphatic carbocycles. The van der Waals surface area contributed by atoms with Crippen molar-refractivity contribution in [3.05, 3.63) is 89.7 Å². The van der Waals surface area contributed by atoms with Crippen LogP contribution in [0.2, 0.25) is 0 Å². The van der Waals surface area contributed by atoms with E-state index in [1.165, 1.54) is 42.3 Å². The molecule has 2 amide bonds. The summed E-state index contributed by atoms with van der Waals surface area (Å²) in [4.78, 5) is 27.7. The topological polar surface area (TPSA) is 96.0 Å². The minimum atomic E-state index is -4.34. The number of likely N-dealkylation sites (N-methyl/N-ethyl adjacent to an activating group) is 1. The second-order valence-corrected chi connectivity index (χ2v) is 10.6. The molecule has 1 atom stereocenters. The Hall–Kier alpha value is -3.92. The Bertz CT molecular complexity index is 1380. The number of halogens is 1. The largest absolute Gasteiger partial charge is 0.497 e. The van der Waals surface area contributed by atoms with E-state index in [2.05, 4.69) is 5.32 Å². The van der Waals surface area contributed by atoms with Crippen molar-refractivity contribution in [2.24, 2.45) is 0 Å². The van der Waals surface area contributed by atoms with Gasteiger partial charge in [-0.3, -0.25) is 13.9 Å². The molecule has 10 heteroatoms. The number of benzene rings is 3. The summed E-state index contributed by atoms with van der Waals surface area (Å²) in [5, 5.41) is 2.70. The van der Waals surface area contributed by atoms with E-state index in [0.29, 0.717) is 17.9 Å². The van der Waals surface area contributed by atoms with E-state index in [0.717, 1.165) is 15.9 Å². The molecule has 3 aromatic rings. The van der Waals surface area contributed by atoms with Crippen molar-refractivity contribution in [3.63, 3.8) is 0 Å². The summed E-state index contributed by atoms with van der Waals surface area (Å²) < 4.78 is 48.3. The van der Waals surface area contributed by atoms with Crippen LogP contribution in [0.25, 0.3) is 0 Å². The fraction of sp³-hybridized carbons (Fsp3) is 0.286. The zero-order valence-electron chi connectivity index (χ0n) is 21.8. The molecule has 0 radical (unpaired) electrons. The quantitative estimate of drug-likeness (QED) is 0.397. The van der Waals surface area contributed by atoms with E-state index in [9.17, 15) is 22.4 Å². The smallest absolute Gasteiger partial charge is 0.264 e. The number of carbonyl (C=O) groups is 2. The van der Waals surface area contributed by atoms with Gasteiger partial charge in [0.15, 0.2) is 0 Å². The van der Waals surface area contributed by atoms with Crippen LogP contribution in [0.5, 0.6) is 5.75 Å². The first-order chi connectivity index (χ1) is 18.1. The molecule has 0 fully saturated rings. The second-order valence-electron chi connectivity index (χ2n) is 8.72. The van der Waals surface area contributed by atoms with E-state index in [-0.39, 0.29) is 17.1 Å². The summed E-state index contributed by atoms with van der Waals surface area (Å²) in [6.45, 7) is 4.77. The van der Waals surface area contributed by atoms with Crippen molar-refractivity contribution in [1.82, 2.24) is 10.2 Å². The molecule has 0 bridgehead atoms. The van der Waals surface area contributed by atoms with Gasteiger partial charge in [-0.05, 0) is 62.7 Å². The van der Waals surface area contributed by atoms with Crippen molar-refractivity contribution in [3.8, 4) is 5.75 Å². The molecule has 1 unspecified atom stereocenters. The van der Waals surface area contributed by atoms with Crippen LogP contribution in [-0.2, 0) is 26.2 Å². The highest BCUT2D eigenvalue weighted by molar-refractivity contribution is 7.92. The normalized spacial score (nSPS) is 11.9. The van der Waals surface area contributed by atoms with Crippen LogP contribution in [0.3, 0.4) is 0 Å². The highest BCUT2D eigenvalue weighted by Crippen LogP contribution is 2.27. The van der Waals surface area contributed by atoms with Gasteiger partial charge in [-0.2, -0.15) is 0 Å². The lowest BCUT2D eigenvalue weighted by Crippen LogP contribution is -2.51. The minimum Gasteiger partial charge on any atom is -0.497 e. The molecule has 8 nitrogen and oxygen atoms in total. The molecule has 0 saturated carbocycles. The van der Waals surface area contributed by atoms with Gasteiger partial charge in [0, 0.05) is 13.1 Å². The fourth-order valence-corrected chi connectivity index (χ4v) is 5.30. The van der Waals surface area contributed by atoms with Crippen LogP contribution >= 0.6 is 0 Å². The maximum Gasteiger partial charge on any atom is 0.264 e. The summed E-state index contributed by atoms with van der Waals surface area (Å²) in [6, 6.07) is 17.5. The number of para-hydroxylation sites is 1. The first kappa shape index (κ1) is 28.6. The summed E-state index contributed by atoms with van der Waals surface area (Å²) in [6.07, 6.45) is 0. The third-order valence-corrected chi connectivity index (χ3v) is 7.79. The number of rotatable bonds is 11. The van der Waals surface area contributed by atoms with E-state index in [4.69, 9.17) is 4.74 Å². The van der Waals surface area contributed by atoms with Gasteiger partial charge in [-0.1, -0.05) is 42.0 Å². The number of nitrogens with zero attached hydrogens (tertiary/aromatic N) is 2. The number of aryl methyl sites for hydroxylation is 1. The van der Waals surface area contributed by atoms with Crippen LogP contribution in [-0.4, -0.2) is 51.4 Å². The van der Waals surface area contributed by atoms with Gasteiger partial charge in [-0.25, -0.2) is 12.8 Å². The van der Waals surface area contributed by atoms with Crippen LogP contribution in [0.4, 0.5) is 10.1 Å². The highest BCUT2D eigenvalue weighted by Gasteiger charge is 2.33. The summed E-state index contributed by atoms with van der Waals surface area (Å²) in [5.41, 5.74) is 1.25. The number of amides is 2. The van der Waals surface area contributed by atoms with Gasteiger partial charge < -0.3 is 15.0 Å². The number of hydrogen-bond donors (Lipinski definition) is 1. The predicted octanol–water partition coefficient (Wildman–Crippen LogP) is 3.89. The molecule has 3 rings (SSSR count). The summed E-state index contributed by atoms with van der Waals surface area (Å²) >= 11 is 0. The molecule has 0 spiro atoms. The molecule has 3 aromatic carbocycles. The lowest BCUT2D eigenvalue weighted by Gasteiger charge is -2.32. The van der Waals surface area contributed by atoms with Crippen LogP contribution < -0.4 is 14.4 Å². The number of anilines is 1. The van der Waals surface area contributed by atoms with Crippen molar-refractivity contribution < 1.29 is 27.1 Å². The molecular formula is C28H32FN3O5S. The molecule has 0 saturated heterocycles. The predicted molar refractivity (Wildman–Crippen MR) is 144 cm³/mol. The molecule has 0 aliphatic rings. The van der Waals surface area contributed by atoms with E-state index < -0.39 is 40.2 Å². The van der Waals surface area contributed by atoms with Gasteiger partial charge in [0.05, 0.1) is 17.7 Å². The number of nitrogens with one attached hydrogen (secondary N) is 1. The monoisotopic (exact) mass is 541 g/mol. The maximum absolute atomic E-state index is 14.9. The molecule has 1 N–H and O–H groups in total. The average molecular weight is 542 g/mol. The lowest BCUT2D eigenvalue weighted by molar-refractivity contribution is -0.139. The van der Waals surface area contributed by atoms with Crippen molar-refractivity contribution in [2.45, 2.75) is 38.3 Å². The van der Waals surface area contributed by atoms with E-state index in [1.807, 2.05) is 6.92 Å². The Balaban J connectivity index is 2.04. The zero-order valence-corrected chi connectivity index (χ0v) is 22.7. The summed E-state index contributed by atoms with van der Waals surface area (Å²) in [7, 11) is -2.82. The van der Waals surface area contributed by atoms with Gasteiger partial charge in [0.25, 0.3) is 10.0 Å². The number of methoxy groups -OCH3 is 1. The Morgan fingerprint density at radius 1 is 1.03 bits per heavy atom. The lowest BCUT2D eigenvalue weighted by atomic mass is 10.1. The Labute approximate surface area is 223 Å². The van der Waals surface area contributed by atoms with Crippen LogP contribution in [0, 0.1) is 12.7 Å². The molecular weight excluding hydrogens is 509 g/mol. The van der Waals surface area contributed by atoms with Crippen LogP contribution in [0.1, 0.15) is 25.0 Å². The van der Waals surface area contributed by atoms with Crippen LogP contribution in [0.15, 0.2) is 77.7 Å². The van der Waals surface area contributed by atoms with Gasteiger partial charge in [0.2, 0.25) is 11.8 Å². The maximum atomic E-state index is 14.9. The first-order valence-corrected chi connectivity index (χ1v) is 13.6.